The van der Waals surface area contributed by atoms with Crippen molar-refractivity contribution in [2.75, 3.05) is 12.4 Å². The summed E-state index contributed by atoms with van der Waals surface area (Å²) in [5.41, 5.74) is 7.01. The number of benzene rings is 4. The van der Waals surface area contributed by atoms with Crippen LogP contribution in [0.15, 0.2) is 101 Å². The highest BCUT2D eigenvalue weighted by Crippen LogP contribution is 2.29. The lowest BCUT2D eigenvalue weighted by molar-refractivity contribution is -0.384. The van der Waals surface area contributed by atoms with Crippen molar-refractivity contribution in [3.63, 3.8) is 0 Å². The molecule has 12 heteroatoms. The van der Waals surface area contributed by atoms with Gasteiger partial charge in [-0.15, -0.1) is 11.3 Å². The van der Waals surface area contributed by atoms with Crippen LogP contribution in [0, 0.1) is 10.1 Å². The summed E-state index contributed by atoms with van der Waals surface area (Å²) < 4.78 is 11.3. The maximum Gasteiger partial charge on any atom is 0.271 e. The van der Waals surface area contributed by atoms with Crippen molar-refractivity contribution in [2.45, 2.75) is 6.61 Å². The number of nitrogens with zero attached hydrogens (tertiary/aromatic N) is 3. The number of thiazole rings is 1. The third kappa shape index (κ3) is 7.73. The zero-order valence-corrected chi connectivity index (χ0v) is 24.3. The lowest BCUT2D eigenvalue weighted by Gasteiger charge is -2.11. The molecule has 10 nitrogen and oxygen atoms in total. The highest BCUT2D eigenvalue weighted by atomic mass is 35.5. The van der Waals surface area contributed by atoms with Crippen LogP contribution >= 0.6 is 22.9 Å². The molecule has 0 unspecified atom stereocenters. The number of hydrogen-bond donors (Lipinski definition) is 2. The van der Waals surface area contributed by atoms with Gasteiger partial charge < -0.3 is 14.8 Å². The molecule has 216 valence electrons. The van der Waals surface area contributed by atoms with E-state index < -0.39 is 4.92 Å². The molecule has 0 radical (unpaired) electrons. The van der Waals surface area contributed by atoms with Crippen molar-refractivity contribution >= 4 is 51.6 Å². The second-order valence-corrected chi connectivity index (χ2v) is 10.4. The Bertz CT molecular complexity index is 1760. The molecule has 0 bridgehead atoms. The number of amides is 1. The van der Waals surface area contributed by atoms with E-state index in [2.05, 4.69) is 20.8 Å². The normalized spacial score (nSPS) is 10.8. The number of nitro groups is 1. The van der Waals surface area contributed by atoms with Crippen molar-refractivity contribution in [3.05, 3.63) is 128 Å². The Balaban J connectivity index is 1.15. The molecule has 0 saturated heterocycles. The highest BCUT2D eigenvalue weighted by Gasteiger charge is 2.10. The van der Waals surface area contributed by atoms with Crippen LogP contribution in [0.5, 0.6) is 11.5 Å². The zero-order valence-electron chi connectivity index (χ0n) is 22.7. The van der Waals surface area contributed by atoms with E-state index in [0.717, 1.165) is 27.6 Å². The molecule has 0 aliphatic heterocycles. The molecule has 0 fully saturated rings. The first kappa shape index (κ1) is 29.2. The fourth-order valence-corrected chi connectivity index (χ4v) is 4.77. The van der Waals surface area contributed by atoms with Crippen LogP contribution < -0.4 is 20.2 Å². The first-order chi connectivity index (χ1) is 20.9. The van der Waals surface area contributed by atoms with Crippen LogP contribution in [-0.2, 0) is 6.61 Å². The van der Waals surface area contributed by atoms with Gasteiger partial charge in [-0.05, 0) is 77.9 Å². The van der Waals surface area contributed by atoms with Gasteiger partial charge in [-0.3, -0.25) is 14.9 Å². The van der Waals surface area contributed by atoms with Crippen molar-refractivity contribution in [3.8, 4) is 22.8 Å². The summed E-state index contributed by atoms with van der Waals surface area (Å²) in [6.45, 7) is 0.209. The number of nitrogens with one attached hydrogen (secondary N) is 2. The molecule has 1 aromatic heterocycles. The Morgan fingerprint density at radius 1 is 1.02 bits per heavy atom. The van der Waals surface area contributed by atoms with Gasteiger partial charge in [0.25, 0.3) is 11.6 Å². The number of aromatic nitrogens is 1. The number of hydrogen-bond acceptors (Lipinski definition) is 9. The van der Waals surface area contributed by atoms with Gasteiger partial charge in [0.05, 0.1) is 23.9 Å². The molecule has 43 heavy (non-hydrogen) atoms. The highest BCUT2D eigenvalue weighted by molar-refractivity contribution is 7.14. The van der Waals surface area contributed by atoms with Gasteiger partial charge in [0.2, 0.25) is 0 Å². The summed E-state index contributed by atoms with van der Waals surface area (Å²) in [6, 6.07) is 25.8. The Hall–Kier alpha value is -5.26. The summed E-state index contributed by atoms with van der Waals surface area (Å²) >= 11 is 7.42. The second-order valence-electron chi connectivity index (χ2n) is 9.07. The number of non-ortho nitro benzene ring substituents is 1. The first-order valence-corrected chi connectivity index (χ1v) is 14.1. The second kappa shape index (κ2) is 13.6. The van der Waals surface area contributed by atoms with E-state index in [4.69, 9.17) is 21.1 Å². The van der Waals surface area contributed by atoms with E-state index in [1.165, 1.54) is 36.8 Å². The van der Waals surface area contributed by atoms with Crippen LogP contribution in [0.4, 0.5) is 16.5 Å². The summed E-state index contributed by atoms with van der Waals surface area (Å²) in [5, 5.41) is 21.5. The van der Waals surface area contributed by atoms with E-state index in [1.54, 1.807) is 42.5 Å². The average molecular weight is 614 g/mol. The smallest absolute Gasteiger partial charge is 0.271 e. The number of carbonyl (C=O) groups excluding carboxylic acids is 1. The van der Waals surface area contributed by atoms with Gasteiger partial charge in [0, 0.05) is 39.3 Å². The van der Waals surface area contributed by atoms with Gasteiger partial charge >= 0.3 is 0 Å². The Morgan fingerprint density at radius 2 is 1.77 bits per heavy atom. The minimum absolute atomic E-state index is 0.0163. The number of nitro benzene ring substituents is 1. The maximum atomic E-state index is 12.6. The summed E-state index contributed by atoms with van der Waals surface area (Å²) in [6.07, 6.45) is 1.50. The van der Waals surface area contributed by atoms with Crippen molar-refractivity contribution in [1.82, 2.24) is 10.4 Å². The molecule has 0 spiro atoms. The Labute approximate surface area is 255 Å². The zero-order chi connectivity index (χ0) is 30.2. The average Bonchev–Trinajstić information content (AvgIpc) is 3.50. The van der Waals surface area contributed by atoms with E-state index in [1.807, 2.05) is 41.8 Å². The third-order valence-electron chi connectivity index (χ3n) is 6.15. The van der Waals surface area contributed by atoms with E-state index in [-0.39, 0.29) is 18.2 Å². The van der Waals surface area contributed by atoms with E-state index >= 15 is 0 Å². The third-order valence-corrected chi connectivity index (χ3v) is 7.16. The molecule has 0 saturated carbocycles. The maximum absolute atomic E-state index is 12.6. The van der Waals surface area contributed by atoms with Crippen molar-refractivity contribution in [1.29, 1.82) is 0 Å². The number of ether oxygens (including phenoxy) is 2. The Kier molecular flexibility index (Phi) is 9.25. The van der Waals surface area contributed by atoms with Gasteiger partial charge in [0.1, 0.15) is 6.61 Å². The number of rotatable bonds is 11. The predicted octanol–water partition coefficient (Wildman–Crippen LogP) is 7.47. The standard InChI is InChI=1S/C31H24ClN5O5S/c1-41-29-16-21(4-15-28(29)42-18-20-2-13-26(14-3-20)37(39)40)17-33-36-30(38)23-7-5-22(6-8-23)27-19-43-31(35-27)34-25-11-9-24(32)10-12-25/h2-17,19H,18H2,1H3,(H,34,35)(H,36,38)/b33-17-. The molecule has 5 rings (SSSR count). The van der Waals surface area contributed by atoms with Crippen LogP contribution in [0.3, 0.4) is 0 Å². The lowest BCUT2D eigenvalue weighted by atomic mass is 10.1. The van der Waals surface area contributed by atoms with Crippen molar-refractivity contribution in [2.24, 2.45) is 5.10 Å². The van der Waals surface area contributed by atoms with Gasteiger partial charge in [0.15, 0.2) is 16.6 Å². The predicted molar refractivity (Wildman–Crippen MR) is 168 cm³/mol. The largest absolute Gasteiger partial charge is 0.493 e. The molecular weight excluding hydrogens is 590 g/mol. The molecule has 0 aliphatic carbocycles. The van der Waals surface area contributed by atoms with Gasteiger partial charge in [-0.25, -0.2) is 10.4 Å². The fraction of sp³-hybridized carbons (Fsp3) is 0.0645. The molecule has 0 atom stereocenters. The number of carbonyl (C=O) groups is 1. The number of halogens is 1. The van der Waals surface area contributed by atoms with Crippen LogP contribution in [0.1, 0.15) is 21.5 Å². The lowest BCUT2D eigenvalue weighted by Crippen LogP contribution is -2.17. The number of methoxy groups -OCH3 is 1. The fourth-order valence-electron chi connectivity index (χ4n) is 3.90. The molecular formula is C31H24ClN5O5S. The number of anilines is 2. The van der Waals surface area contributed by atoms with Crippen LogP contribution in [0.2, 0.25) is 5.02 Å². The minimum Gasteiger partial charge on any atom is -0.493 e. The molecule has 0 aliphatic rings. The molecule has 1 amide bonds. The molecule has 5 aromatic rings. The topological polar surface area (TPSA) is 128 Å². The monoisotopic (exact) mass is 613 g/mol. The minimum atomic E-state index is -0.450. The van der Waals surface area contributed by atoms with E-state index in [0.29, 0.717) is 27.6 Å². The van der Waals surface area contributed by atoms with Crippen molar-refractivity contribution < 1.29 is 19.2 Å². The van der Waals surface area contributed by atoms with Crippen LogP contribution in [-0.4, -0.2) is 29.1 Å². The van der Waals surface area contributed by atoms with Crippen LogP contribution in [0.25, 0.3) is 11.3 Å². The molecule has 2 N–H and O–H groups in total. The van der Waals surface area contributed by atoms with Gasteiger partial charge in [-0.2, -0.15) is 5.10 Å². The first-order valence-electron chi connectivity index (χ1n) is 12.8. The number of hydrazone groups is 1. The van der Waals surface area contributed by atoms with Gasteiger partial charge in [-0.1, -0.05) is 23.7 Å². The molecule has 4 aromatic carbocycles. The SMILES string of the molecule is COc1cc(/C=N\NC(=O)c2ccc(-c3csc(Nc4ccc(Cl)cc4)n3)cc2)ccc1OCc1ccc([N+](=O)[O-])cc1. The summed E-state index contributed by atoms with van der Waals surface area (Å²) in [4.78, 5) is 27.6. The summed E-state index contributed by atoms with van der Waals surface area (Å²) in [7, 11) is 1.52. The van der Waals surface area contributed by atoms with E-state index in [9.17, 15) is 14.9 Å². The molecule has 1 heterocycles. The summed E-state index contributed by atoms with van der Waals surface area (Å²) in [5.74, 6) is 0.609. The quantitative estimate of drug-likeness (QED) is 0.0898. The Morgan fingerprint density at radius 3 is 2.47 bits per heavy atom.